The molecule has 1 aliphatic heterocycles. The molecule has 1 heterocycles. The number of hydrogen-bond acceptors (Lipinski definition) is 4. The van der Waals surface area contributed by atoms with E-state index in [1.807, 2.05) is 0 Å². The highest BCUT2D eigenvalue weighted by Crippen LogP contribution is 2.31. The zero-order chi connectivity index (χ0) is 14.0. The second kappa shape index (κ2) is 9.70. The van der Waals surface area contributed by atoms with Gasteiger partial charge in [-0.15, -0.1) is 0 Å². The van der Waals surface area contributed by atoms with Crippen molar-refractivity contribution in [3.8, 4) is 0 Å². The maximum atomic E-state index is 6.08. The van der Waals surface area contributed by atoms with Crippen molar-refractivity contribution in [2.75, 3.05) is 19.8 Å². The monoisotopic (exact) mass is 272 g/mol. The molecule has 0 aromatic heterocycles. The Morgan fingerprint density at radius 1 is 1.16 bits per heavy atom. The Kier molecular flexibility index (Phi) is 8.62. The fourth-order valence-corrected chi connectivity index (χ4v) is 3.05. The summed E-state index contributed by atoms with van der Waals surface area (Å²) >= 11 is 0. The molecule has 0 aromatic carbocycles. The third-order valence-electron chi connectivity index (χ3n) is 4.20. The lowest BCUT2D eigenvalue weighted by Crippen LogP contribution is -2.57. The minimum absolute atomic E-state index is 0.119. The zero-order valence-electron chi connectivity index (χ0n) is 12.7. The van der Waals surface area contributed by atoms with Gasteiger partial charge in [-0.2, -0.15) is 0 Å². The average molecular weight is 272 g/mol. The van der Waals surface area contributed by atoms with Crippen molar-refractivity contribution < 1.29 is 9.47 Å². The first-order valence-corrected chi connectivity index (χ1v) is 7.97. The fourth-order valence-electron chi connectivity index (χ4n) is 3.05. The molecule has 0 spiro atoms. The summed E-state index contributed by atoms with van der Waals surface area (Å²) in [7, 11) is 0. The molecule has 114 valence electrons. The molecule has 0 amide bonds. The van der Waals surface area contributed by atoms with Gasteiger partial charge in [-0.3, -0.25) is 11.3 Å². The SMILES string of the molecule is CCCCCCCC(NN)C1(OCC)CCOCC1. The van der Waals surface area contributed by atoms with E-state index in [2.05, 4.69) is 19.3 Å². The van der Waals surface area contributed by atoms with E-state index in [1.54, 1.807) is 0 Å². The molecule has 1 atom stereocenters. The van der Waals surface area contributed by atoms with E-state index in [-0.39, 0.29) is 11.6 Å². The van der Waals surface area contributed by atoms with Crippen molar-refractivity contribution in [2.45, 2.75) is 76.9 Å². The highest BCUT2D eigenvalue weighted by atomic mass is 16.5. The minimum Gasteiger partial charge on any atom is -0.381 e. The molecule has 1 aliphatic rings. The van der Waals surface area contributed by atoms with E-state index in [0.717, 1.165) is 39.1 Å². The molecule has 0 aromatic rings. The van der Waals surface area contributed by atoms with Crippen LogP contribution in [0.15, 0.2) is 0 Å². The standard InChI is InChI=1S/C15H32N2O2/c1-3-5-6-7-8-9-14(17-16)15(19-4-2)10-12-18-13-11-15/h14,17H,3-13,16H2,1-2H3. The van der Waals surface area contributed by atoms with Gasteiger partial charge in [-0.05, 0) is 13.3 Å². The Morgan fingerprint density at radius 3 is 2.42 bits per heavy atom. The van der Waals surface area contributed by atoms with Crippen LogP contribution in [-0.2, 0) is 9.47 Å². The van der Waals surface area contributed by atoms with Crippen molar-refractivity contribution in [2.24, 2.45) is 5.84 Å². The smallest absolute Gasteiger partial charge is 0.0891 e. The van der Waals surface area contributed by atoms with Gasteiger partial charge in [-0.25, -0.2) is 0 Å². The zero-order valence-corrected chi connectivity index (χ0v) is 12.7. The second-order valence-electron chi connectivity index (χ2n) is 5.53. The lowest BCUT2D eigenvalue weighted by molar-refractivity contribution is -0.128. The molecule has 1 rings (SSSR count). The molecule has 0 saturated carbocycles. The number of hydrogen-bond donors (Lipinski definition) is 2. The van der Waals surface area contributed by atoms with Gasteiger partial charge in [0.2, 0.25) is 0 Å². The quantitative estimate of drug-likeness (QED) is 0.365. The van der Waals surface area contributed by atoms with Crippen molar-refractivity contribution in [1.82, 2.24) is 5.43 Å². The van der Waals surface area contributed by atoms with Crippen molar-refractivity contribution in [3.05, 3.63) is 0 Å². The molecule has 4 heteroatoms. The molecule has 1 saturated heterocycles. The summed E-state index contributed by atoms with van der Waals surface area (Å²) in [6, 6.07) is 0.248. The maximum Gasteiger partial charge on any atom is 0.0891 e. The largest absolute Gasteiger partial charge is 0.381 e. The third-order valence-corrected chi connectivity index (χ3v) is 4.20. The van der Waals surface area contributed by atoms with Crippen LogP contribution >= 0.6 is 0 Å². The average Bonchev–Trinajstić information content (AvgIpc) is 2.44. The van der Waals surface area contributed by atoms with Crippen molar-refractivity contribution in [1.29, 1.82) is 0 Å². The first-order valence-electron chi connectivity index (χ1n) is 7.97. The van der Waals surface area contributed by atoms with Crippen LogP contribution in [0.5, 0.6) is 0 Å². The molecule has 1 fully saturated rings. The predicted molar refractivity (Wildman–Crippen MR) is 78.9 cm³/mol. The summed E-state index contributed by atoms with van der Waals surface area (Å²) in [4.78, 5) is 0. The van der Waals surface area contributed by atoms with Crippen LogP contribution in [0.25, 0.3) is 0 Å². The van der Waals surface area contributed by atoms with Crippen LogP contribution < -0.4 is 11.3 Å². The summed E-state index contributed by atoms with van der Waals surface area (Å²) < 4.78 is 11.6. The Bertz CT molecular complexity index is 213. The second-order valence-corrected chi connectivity index (χ2v) is 5.53. The van der Waals surface area contributed by atoms with Crippen LogP contribution in [-0.4, -0.2) is 31.5 Å². The summed E-state index contributed by atoms with van der Waals surface area (Å²) in [5.74, 6) is 5.79. The molecule has 0 aliphatic carbocycles. The van der Waals surface area contributed by atoms with E-state index in [9.17, 15) is 0 Å². The van der Waals surface area contributed by atoms with Crippen LogP contribution in [0, 0.1) is 0 Å². The molecule has 1 unspecified atom stereocenters. The van der Waals surface area contributed by atoms with Crippen LogP contribution in [0.4, 0.5) is 0 Å². The van der Waals surface area contributed by atoms with Gasteiger partial charge in [0.05, 0.1) is 11.6 Å². The Morgan fingerprint density at radius 2 is 1.84 bits per heavy atom. The van der Waals surface area contributed by atoms with E-state index < -0.39 is 0 Å². The number of nitrogens with two attached hydrogens (primary N) is 1. The molecule has 3 N–H and O–H groups in total. The summed E-state index contributed by atoms with van der Waals surface area (Å²) in [5.41, 5.74) is 2.89. The molecule has 4 nitrogen and oxygen atoms in total. The number of ether oxygens (including phenoxy) is 2. The summed E-state index contributed by atoms with van der Waals surface area (Å²) in [5, 5.41) is 0. The van der Waals surface area contributed by atoms with E-state index in [4.69, 9.17) is 15.3 Å². The lowest BCUT2D eigenvalue weighted by Gasteiger charge is -2.43. The Hall–Kier alpha value is -0.160. The number of nitrogens with one attached hydrogen (secondary N) is 1. The van der Waals surface area contributed by atoms with Gasteiger partial charge in [0, 0.05) is 32.7 Å². The molecular weight excluding hydrogens is 240 g/mol. The molecular formula is C15H32N2O2. The fraction of sp³-hybridized carbons (Fsp3) is 1.00. The van der Waals surface area contributed by atoms with Gasteiger partial charge in [0.15, 0.2) is 0 Å². The topological polar surface area (TPSA) is 56.5 Å². The van der Waals surface area contributed by atoms with Gasteiger partial charge in [0.1, 0.15) is 0 Å². The molecule has 19 heavy (non-hydrogen) atoms. The van der Waals surface area contributed by atoms with Crippen molar-refractivity contribution in [3.63, 3.8) is 0 Å². The van der Waals surface area contributed by atoms with Gasteiger partial charge in [0.25, 0.3) is 0 Å². The predicted octanol–water partition coefficient (Wildman–Crippen LogP) is 2.76. The first kappa shape index (κ1) is 16.9. The molecule has 0 bridgehead atoms. The summed E-state index contributed by atoms with van der Waals surface area (Å²) in [6.07, 6.45) is 9.48. The van der Waals surface area contributed by atoms with Crippen LogP contribution in [0.1, 0.15) is 65.2 Å². The van der Waals surface area contributed by atoms with Crippen molar-refractivity contribution >= 4 is 0 Å². The van der Waals surface area contributed by atoms with Crippen LogP contribution in [0.2, 0.25) is 0 Å². The normalized spacial score (nSPS) is 20.4. The first-order chi connectivity index (χ1) is 9.29. The maximum absolute atomic E-state index is 6.08. The number of unbranched alkanes of at least 4 members (excludes halogenated alkanes) is 4. The van der Waals surface area contributed by atoms with E-state index in [1.165, 1.54) is 32.1 Å². The minimum atomic E-state index is -0.119. The van der Waals surface area contributed by atoms with Gasteiger partial charge in [-0.1, -0.05) is 39.0 Å². The molecule has 0 radical (unpaired) electrons. The van der Waals surface area contributed by atoms with Gasteiger partial charge < -0.3 is 9.47 Å². The van der Waals surface area contributed by atoms with E-state index in [0.29, 0.717) is 0 Å². The van der Waals surface area contributed by atoms with Gasteiger partial charge >= 0.3 is 0 Å². The lowest BCUT2D eigenvalue weighted by atomic mass is 9.83. The van der Waals surface area contributed by atoms with E-state index >= 15 is 0 Å². The third kappa shape index (κ3) is 5.38. The Labute approximate surface area is 118 Å². The summed E-state index contributed by atoms with van der Waals surface area (Å²) in [6.45, 7) is 6.62. The highest BCUT2D eigenvalue weighted by molar-refractivity contribution is 4.94. The Balaban J connectivity index is 2.43. The van der Waals surface area contributed by atoms with Crippen LogP contribution in [0.3, 0.4) is 0 Å². The number of rotatable bonds is 10. The number of hydrazine groups is 1. The highest BCUT2D eigenvalue weighted by Gasteiger charge is 2.40.